The van der Waals surface area contributed by atoms with Crippen LogP contribution in [0.4, 0.5) is 0 Å². The van der Waals surface area contributed by atoms with Crippen molar-refractivity contribution >= 4 is 5.97 Å². The summed E-state index contributed by atoms with van der Waals surface area (Å²) in [6, 6.07) is 7.61. The van der Waals surface area contributed by atoms with Gasteiger partial charge in [-0.05, 0) is 45.4 Å². The number of hydrogen-bond donors (Lipinski definition) is 1. The van der Waals surface area contributed by atoms with Crippen LogP contribution in [0.1, 0.15) is 33.3 Å². The molecule has 0 bridgehead atoms. The van der Waals surface area contributed by atoms with Gasteiger partial charge in [-0.3, -0.25) is 5.32 Å². The predicted octanol–water partition coefficient (Wildman–Crippen LogP) is 2.47. The number of carbonyl (C=O) groups is 1. The van der Waals surface area contributed by atoms with Crippen molar-refractivity contribution < 1.29 is 14.3 Å². The minimum atomic E-state index is -0.851. The third-order valence-corrected chi connectivity index (χ3v) is 2.93. The van der Waals surface area contributed by atoms with Gasteiger partial charge in [-0.2, -0.15) is 0 Å². The number of ether oxygens (including phenoxy) is 2. The summed E-state index contributed by atoms with van der Waals surface area (Å²) in [7, 11) is 1.62. The molecule has 0 radical (unpaired) electrons. The molecular weight excluding hydrogens is 242 g/mol. The maximum absolute atomic E-state index is 12.2. The van der Waals surface area contributed by atoms with Crippen molar-refractivity contribution in [3.63, 3.8) is 0 Å². The SMILES string of the molecule is CCOC(=O)C(C)(NC(C)C)c1ccc(OC)cc1. The van der Waals surface area contributed by atoms with Crippen LogP contribution in [0.2, 0.25) is 0 Å². The fourth-order valence-electron chi connectivity index (χ4n) is 2.04. The molecule has 1 atom stereocenters. The first-order valence-electron chi connectivity index (χ1n) is 6.53. The molecule has 1 unspecified atom stereocenters. The highest BCUT2D eigenvalue weighted by Crippen LogP contribution is 2.25. The molecule has 1 N–H and O–H groups in total. The zero-order valence-corrected chi connectivity index (χ0v) is 12.3. The van der Waals surface area contributed by atoms with E-state index >= 15 is 0 Å². The van der Waals surface area contributed by atoms with Crippen LogP contribution in [0.25, 0.3) is 0 Å². The van der Waals surface area contributed by atoms with Crippen LogP contribution >= 0.6 is 0 Å². The van der Waals surface area contributed by atoms with Crippen molar-refractivity contribution in [2.24, 2.45) is 0 Å². The van der Waals surface area contributed by atoms with Crippen molar-refractivity contribution in [1.82, 2.24) is 5.32 Å². The number of nitrogens with one attached hydrogen (secondary N) is 1. The van der Waals surface area contributed by atoms with Crippen LogP contribution in [0.5, 0.6) is 5.75 Å². The van der Waals surface area contributed by atoms with E-state index in [1.165, 1.54) is 0 Å². The van der Waals surface area contributed by atoms with Crippen LogP contribution in [-0.4, -0.2) is 25.7 Å². The molecule has 0 aliphatic carbocycles. The summed E-state index contributed by atoms with van der Waals surface area (Å²) in [6.45, 7) is 8.01. The van der Waals surface area contributed by atoms with E-state index in [-0.39, 0.29) is 12.0 Å². The van der Waals surface area contributed by atoms with E-state index in [1.807, 2.05) is 52.0 Å². The summed E-state index contributed by atoms with van der Waals surface area (Å²) < 4.78 is 10.3. The number of carbonyl (C=O) groups excluding carboxylic acids is 1. The Kier molecular flexibility index (Phi) is 5.36. The molecule has 19 heavy (non-hydrogen) atoms. The number of esters is 1. The van der Waals surface area contributed by atoms with Gasteiger partial charge in [0.05, 0.1) is 13.7 Å². The van der Waals surface area contributed by atoms with E-state index in [2.05, 4.69) is 5.32 Å². The molecule has 0 heterocycles. The Balaban J connectivity index is 3.10. The molecule has 0 spiro atoms. The maximum atomic E-state index is 12.2. The van der Waals surface area contributed by atoms with E-state index < -0.39 is 5.54 Å². The normalized spacial score (nSPS) is 14.0. The Morgan fingerprint density at radius 1 is 1.32 bits per heavy atom. The van der Waals surface area contributed by atoms with Crippen LogP contribution in [0, 0.1) is 0 Å². The Labute approximate surface area is 115 Å². The number of benzene rings is 1. The molecule has 4 nitrogen and oxygen atoms in total. The van der Waals surface area contributed by atoms with Gasteiger partial charge < -0.3 is 9.47 Å². The van der Waals surface area contributed by atoms with Crippen molar-refractivity contribution in [1.29, 1.82) is 0 Å². The lowest BCUT2D eigenvalue weighted by Gasteiger charge is -2.31. The van der Waals surface area contributed by atoms with Gasteiger partial charge in [0, 0.05) is 6.04 Å². The zero-order chi connectivity index (χ0) is 14.5. The van der Waals surface area contributed by atoms with Crippen molar-refractivity contribution in [2.75, 3.05) is 13.7 Å². The maximum Gasteiger partial charge on any atom is 0.330 e. The molecule has 1 aromatic rings. The molecule has 0 aliphatic heterocycles. The highest BCUT2D eigenvalue weighted by atomic mass is 16.5. The fraction of sp³-hybridized carbons (Fsp3) is 0.533. The van der Waals surface area contributed by atoms with Crippen LogP contribution in [-0.2, 0) is 15.1 Å². The van der Waals surface area contributed by atoms with E-state index in [0.717, 1.165) is 11.3 Å². The second-order valence-electron chi connectivity index (χ2n) is 4.87. The minimum Gasteiger partial charge on any atom is -0.497 e. The van der Waals surface area contributed by atoms with E-state index in [0.29, 0.717) is 6.61 Å². The number of methoxy groups -OCH3 is 1. The van der Waals surface area contributed by atoms with Crippen molar-refractivity contribution in [3.05, 3.63) is 29.8 Å². The summed E-state index contributed by atoms with van der Waals surface area (Å²) in [4.78, 5) is 12.2. The second kappa shape index (κ2) is 6.57. The molecule has 0 aromatic heterocycles. The monoisotopic (exact) mass is 265 g/mol. The number of hydrogen-bond acceptors (Lipinski definition) is 4. The lowest BCUT2D eigenvalue weighted by Crippen LogP contribution is -2.50. The van der Waals surface area contributed by atoms with Gasteiger partial charge in [0.1, 0.15) is 11.3 Å². The minimum absolute atomic E-state index is 0.163. The van der Waals surface area contributed by atoms with Gasteiger partial charge in [0.2, 0.25) is 0 Å². The number of rotatable bonds is 6. The highest BCUT2D eigenvalue weighted by molar-refractivity contribution is 5.82. The quantitative estimate of drug-likeness (QED) is 0.803. The molecule has 1 aromatic carbocycles. The topological polar surface area (TPSA) is 47.6 Å². The summed E-state index contributed by atoms with van der Waals surface area (Å²) in [5, 5.41) is 3.28. The van der Waals surface area contributed by atoms with E-state index in [4.69, 9.17) is 9.47 Å². The van der Waals surface area contributed by atoms with Crippen LogP contribution < -0.4 is 10.1 Å². The van der Waals surface area contributed by atoms with E-state index in [1.54, 1.807) is 7.11 Å². The molecule has 4 heteroatoms. The van der Waals surface area contributed by atoms with E-state index in [9.17, 15) is 4.79 Å². The molecular formula is C15H23NO3. The van der Waals surface area contributed by atoms with Gasteiger partial charge in [-0.25, -0.2) is 4.79 Å². The largest absolute Gasteiger partial charge is 0.497 e. The van der Waals surface area contributed by atoms with Gasteiger partial charge in [-0.15, -0.1) is 0 Å². The lowest BCUT2D eigenvalue weighted by molar-refractivity contribution is -0.151. The molecule has 0 aliphatic rings. The zero-order valence-electron chi connectivity index (χ0n) is 12.3. The predicted molar refractivity (Wildman–Crippen MR) is 75.3 cm³/mol. The molecule has 0 amide bonds. The second-order valence-corrected chi connectivity index (χ2v) is 4.87. The molecule has 106 valence electrons. The molecule has 0 saturated heterocycles. The van der Waals surface area contributed by atoms with Gasteiger partial charge in [0.15, 0.2) is 0 Å². The van der Waals surface area contributed by atoms with Gasteiger partial charge >= 0.3 is 5.97 Å². The van der Waals surface area contributed by atoms with Crippen molar-refractivity contribution in [3.8, 4) is 5.75 Å². The highest BCUT2D eigenvalue weighted by Gasteiger charge is 2.37. The average molecular weight is 265 g/mol. The fourth-order valence-corrected chi connectivity index (χ4v) is 2.04. The lowest BCUT2D eigenvalue weighted by atomic mass is 9.91. The Morgan fingerprint density at radius 3 is 2.32 bits per heavy atom. The smallest absolute Gasteiger partial charge is 0.330 e. The van der Waals surface area contributed by atoms with Crippen LogP contribution in [0.3, 0.4) is 0 Å². The first-order valence-corrected chi connectivity index (χ1v) is 6.53. The van der Waals surface area contributed by atoms with Crippen LogP contribution in [0.15, 0.2) is 24.3 Å². The summed E-state index contributed by atoms with van der Waals surface area (Å²) in [6.07, 6.45) is 0. The van der Waals surface area contributed by atoms with Gasteiger partial charge in [-0.1, -0.05) is 12.1 Å². The third kappa shape index (κ3) is 3.70. The summed E-state index contributed by atoms with van der Waals surface area (Å²) in [5.41, 5.74) is 0.0108. The Morgan fingerprint density at radius 2 is 1.89 bits per heavy atom. The standard InChI is InChI=1S/C15H23NO3/c1-6-19-14(17)15(4,16-11(2)3)12-7-9-13(18-5)10-8-12/h7-11,16H,6H2,1-5H3. The molecule has 1 rings (SSSR count). The first kappa shape index (κ1) is 15.5. The summed E-state index contributed by atoms with van der Waals surface area (Å²) in [5.74, 6) is 0.494. The molecule has 0 saturated carbocycles. The van der Waals surface area contributed by atoms with Crippen molar-refractivity contribution in [2.45, 2.75) is 39.3 Å². The molecule has 0 fully saturated rings. The summed E-state index contributed by atoms with van der Waals surface area (Å²) >= 11 is 0. The average Bonchev–Trinajstić information content (AvgIpc) is 2.38. The Hall–Kier alpha value is -1.55. The third-order valence-electron chi connectivity index (χ3n) is 2.93. The van der Waals surface area contributed by atoms with Gasteiger partial charge in [0.25, 0.3) is 0 Å². The first-order chi connectivity index (χ1) is 8.93. The Bertz CT molecular complexity index is 414.